The number of nitrogens with one attached hydrogen (secondary N) is 1. The summed E-state index contributed by atoms with van der Waals surface area (Å²) in [4.78, 5) is 28.7. The normalized spacial score (nSPS) is 10.8. The number of nitrogens with zero attached hydrogens (tertiary/aromatic N) is 2. The van der Waals surface area contributed by atoms with Gasteiger partial charge in [0.15, 0.2) is 0 Å². The SMILES string of the molecule is O=C(Nc1ccccc1OC(F)F)c1cnc2ccccn2c1=O. The highest BCUT2D eigenvalue weighted by Gasteiger charge is 2.16. The van der Waals surface area contributed by atoms with E-state index in [4.69, 9.17) is 0 Å². The maximum absolute atomic E-state index is 12.4. The molecule has 0 spiro atoms. The largest absolute Gasteiger partial charge is 0.433 e. The van der Waals surface area contributed by atoms with Crippen molar-refractivity contribution in [1.82, 2.24) is 9.38 Å². The summed E-state index contributed by atoms with van der Waals surface area (Å²) in [6.07, 6.45) is 2.62. The maximum atomic E-state index is 12.4. The Morgan fingerprint density at radius 2 is 1.92 bits per heavy atom. The summed E-state index contributed by atoms with van der Waals surface area (Å²) >= 11 is 0. The minimum Gasteiger partial charge on any atom is -0.433 e. The van der Waals surface area contributed by atoms with E-state index in [1.807, 2.05) is 0 Å². The van der Waals surface area contributed by atoms with Crippen LogP contribution in [0.1, 0.15) is 10.4 Å². The zero-order chi connectivity index (χ0) is 17.1. The van der Waals surface area contributed by atoms with Crippen molar-refractivity contribution in [3.8, 4) is 5.75 Å². The van der Waals surface area contributed by atoms with E-state index in [1.54, 1.807) is 24.3 Å². The molecule has 8 heteroatoms. The maximum Gasteiger partial charge on any atom is 0.387 e. The van der Waals surface area contributed by atoms with Crippen molar-refractivity contribution in [1.29, 1.82) is 0 Å². The van der Waals surface area contributed by atoms with Crippen LogP contribution in [0.15, 0.2) is 59.7 Å². The van der Waals surface area contributed by atoms with Gasteiger partial charge in [0.1, 0.15) is 17.0 Å². The van der Waals surface area contributed by atoms with E-state index in [9.17, 15) is 18.4 Å². The first-order valence-corrected chi connectivity index (χ1v) is 6.88. The molecule has 1 aromatic carbocycles. The zero-order valence-electron chi connectivity index (χ0n) is 12.1. The Kier molecular flexibility index (Phi) is 4.19. The van der Waals surface area contributed by atoms with Gasteiger partial charge in [0.25, 0.3) is 11.5 Å². The number of pyridine rings is 1. The average Bonchev–Trinajstić information content (AvgIpc) is 2.56. The Balaban J connectivity index is 1.94. The summed E-state index contributed by atoms with van der Waals surface area (Å²) in [5, 5.41) is 2.39. The topological polar surface area (TPSA) is 72.7 Å². The van der Waals surface area contributed by atoms with Crippen LogP contribution in [0.25, 0.3) is 5.65 Å². The van der Waals surface area contributed by atoms with Crippen molar-refractivity contribution in [2.75, 3.05) is 5.32 Å². The molecule has 0 aliphatic carbocycles. The van der Waals surface area contributed by atoms with Gasteiger partial charge < -0.3 is 10.1 Å². The number of fused-ring (bicyclic) bond motifs is 1. The second-order valence-electron chi connectivity index (χ2n) is 4.73. The van der Waals surface area contributed by atoms with Crippen LogP contribution in [0.2, 0.25) is 0 Å². The van der Waals surface area contributed by atoms with Gasteiger partial charge in [-0.25, -0.2) is 4.98 Å². The van der Waals surface area contributed by atoms with Crippen molar-refractivity contribution in [2.24, 2.45) is 0 Å². The number of alkyl halides is 2. The lowest BCUT2D eigenvalue weighted by Gasteiger charge is -2.11. The van der Waals surface area contributed by atoms with Gasteiger partial charge in [0.05, 0.1) is 5.69 Å². The molecule has 3 aromatic rings. The highest BCUT2D eigenvalue weighted by atomic mass is 19.3. The van der Waals surface area contributed by atoms with E-state index in [2.05, 4.69) is 15.0 Å². The van der Waals surface area contributed by atoms with Crippen LogP contribution in [-0.4, -0.2) is 21.9 Å². The van der Waals surface area contributed by atoms with E-state index >= 15 is 0 Å². The number of hydrogen-bond donors (Lipinski definition) is 1. The lowest BCUT2D eigenvalue weighted by molar-refractivity contribution is -0.0493. The molecule has 24 heavy (non-hydrogen) atoms. The predicted molar refractivity (Wildman–Crippen MR) is 82.5 cm³/mol. The third-order valence-corrected chi connectivity index (χ3v) is 3.21. The lowest BCUT2D eigenvalue weighted by atomic mass is 10.2. The number of aromatic nitrogens is 2. The van der Waals surface area contributed by atoms with Gasteiger partial charge >= 0.3 is 6.61 Å². The van der Waals surface area contributed by atoms with Crippen LogP contribution < -0.4 is 15.6 Å². The van der Waals surface area contributed by atoms with Crippen LogP contribution in [0.4, 0.5) is 14.5 Å². The zero-order valence-corrected chi connectivity index (χ0v) is 12.1. The minimum atomic E-state index is -3.03. The molecule has 0 fully saturated rings. The van der Waals surface area contributed by atoms with E-state index in [1.165, 1.54) is 28.8 Å². The van der Waals surface area contributed by atoms with Gasteiger partial charge in [-0.1, -0.05) is 18.2 Å². The first-order valence-electron chi connectivity index (χ1n) is 6.88. The van der Waals surface area contributed by atoms with Gasteiger partial charge in [-0.3, -0.25) is 14.0 Å². The summed E-state index contributed by atoms with van der Waals surface area (Å²) in [6.45, 7) is -3.03. The van der Waals surface area contributed by atoms with Crippen LogP contribution in [0.5, 0.6) is 5.75 Å². The number of halogens is 2. The molecule has 2 heterocycles. The second-order valence-corrected chi connectivity index (χ2v) is 4.73. The lowest BCUT2D eigenvalue weighted by Crippen LogP contribution is -2.26. The number of para-hydroxylation sites is 2. The Hall–Kier alpha value is -3.29. The molecule has 0 aliphatic rings. The Bertz CT molecular complexity index is 956. The molecular formula is C16H11F2N3O3. The first-order chi connectivity index (χ1) is 11.6. The summed E-state index contributed by atoms with van der Waals surface area (Å²) in [5.74, 6) is -0.967. The smallest absolute Gasteiger partial charge is 0.387 e. The Labute approximate surface area is 134 Å². The number of carbonyl (C=O) groups is 1. The molecule has 1 N–H and O–H groups in total. The molecule has 0 aliphatic heterocycles. The standard InChI is InChI=1S/C16H11F2N3O3/c17-16(18)24-12-6-2-1-5-11(12)20-14(22)10-9-19-13-7-3-4-8-21(13)15(10)23/h1-9,16H,(H,20,22). The number of hydrogen-bond acceptors (Lipinski definition) is 4. The van der Waals surface area contributed by atoms with Crippen molar-refractivity contribution in [2.45, 2.75) is 6.61 Å². The molecule has 0 bridgehead atoms. The Morgan fingerprint density at radius 3 is 2.71 bits per heavy atom. The number of carbonyl (C=O) groups excluding carboxylic acids is 1. The van der Waals surface area contributed by atoms with Crippen molar-refractivity contribution in [3.05, 3.63) is 70.8 Å². The average molecular weight is 331 g/mol. The van der Waals surface area contributed by atoms with Gasteiger partial charge in [0, 0.05) is 12.4 Å². The van der Waals surface area contributed by atoms with Crippen LogP contribution in [0.3, 0.4) is 0 Å². The monoisotopic (exact) mass is 331 g/mol. The predicted octanol–water partition coefficient (Wildman–Crippen LogP) is 2.55. The summed E-state index contributed by atoms with van der Waals surface area (Å²) in [6, 6.07) is 10.7. The number of amides is 1. The molecule has 2 aromatic heterocycles. The molecule has 0 unspecified atom stereocenters. The fourth-order valence-electron chi connectivity index (χ4n) is 2.14. The quantitative estimate of drug-likeness (QED) is 0.797. The Morgan fingerprint density at radius 1 is 1.17 bits per heavy atom. The number of anilines is 1. The molecule has 0 atom stereocenters. The summed E-state index contributed by atoms with van der Waals surface area (Å²) < 4.78 is 30.4. The molecule has 3 rings (SSSR count). The molecular weight excluding hydrogens is 320 g/mol. The van der Waals surface area contributed by atoms with Gasteiger partial charge in [-0.05, 0) is 24.3 Å². The molecule has 0 saturated carbocycles. The number of benzene rings is 1. The fourth-order valence-corrected chi connectivity index (χ4v) is 2.14. The minimum absolute atomic E-state index is 0.0281. The van der Waals surface area contributed by atoms with E-state index in [-0.39, 0.29) is 17.0 Å². The van der Waals surface area contributed by atoms with Gasteiger partial charge in [-0.15, -0.1) is 0 Å². The fraction of sp³-hybridized carbons (Fsp3) is 0.0625. The van der Waals surface area contributed by atoms with E-state index in [0.717, 1.165) is 6.20 Å². The molecule has 0 saturated heterocycles. The molecule has 1 amide bonds. The van der Waals surface area contributed by atoms with Crippen molar-refractivity contribution in [3.63, 3.8) is 0 Å². The third-order valence-electron chi connectivity index (χ3n) is 3.21. The number of rotatable bonds is 4. The van der Waals surface area contributed by atoms with E-state index < -0.39 is 18.1 Å². The highest BCUT2D eigenvalue weighted by Crippen LogP contribution is 2.25. The van der Waals surface area contributed by atoms with Crippen molar-refractivity contribution >= 4 is 17.2 Å². The third kappa shape index (κ3) is 3.07. The highest BCUT2D eigenvalue weighted by molar-refractivity contribution is 6.04. The van der Waals surface area contributed by atoms with Crippen molar-refractivity contribution < 1.29 is 18.3 Å². The van der Waals surface area contributed by atoms with Crippen LogP contribution in [-0.2, 0) is 0 Å². The van der Waals surface area contributed by atoms with Crippen LogP contribution >= 0.6 is 0 Å². The molecule has 0 radical (unpaired) electrons. The molecule has 122 valence electrons. The summed E-state index contributed by atoms with van der Waals surface area (Å²) in [7, 11) is 0. The van der Waals surface area contributed by atoms with Gasteiger partial charge in [-0.2, -0.15) is 8.78 Å². The number of ether oxygens (including phenoxy) is 1. The summed E-state index contributed by atoms with van der Waals surface area (Å²) in [5.41, 5.74) is -0.364. The van der Waals surface area contributed by atoms with Gasteiger partial charge in [0.2, 0.25) is 0 Å². The van der Waals surface area contributed by atoms with E-state index in [0.29, 0.717) is 5.65 Å². The molecule has 6 nitrogen and oxygen atoms in total. The second kappa shape index (κ2) is 6.45. The van der Waals surface area contributed by atoms with Crippen LogP contribution in [0, 0.1) is 0 Å². The first kappa shape index (κ1) is 15.6.